The first-order valence-electron chi connectivity index (χ1n) is 15.8. The van der Waals surface area contributed by atoms with Crippen LogP contribution in [-0.4, -0.2) is 54.5 Å². The van der Waals surface area contributed by atoms with Gasteiger partial charge in [-0.05, 0) is 81.3 Å². The number of rotatable bonds is 7. The van der Waals surface area contributed by atoms with Gasteiger partial charge < -0.3 is 14.2 Å². The van der Waals surface area contributed by atoms with Gasteiger partial charge >= 0.3 is 11.9 Å². The number of hydrogen-bond donors (Lipinski definition) is 0. The third-order valence-electron chi connectivity index (χ3n) is 11.0. The first kappa shape index (κ1) is 27.8. The second-order valence-corrected chi connectivity index (χ2v) is 13.4. The van der Waals surface area contributed by atoms with Crippen LogP contribution < -0.4 is 0 Å². The SMILES string of the molecule is CCOC(=O)[C@]12CN(C34CC5CC(CC(C5)C3)C4)C[C@](C(=O)OCC)(C1=O)[C@H](c1ccccc1)O[C@@H]2c1ccccc1. The number of esters is 2. The van der Waals surface area contributed by atoms with Crippen LogP contribution >= 0.6 is 0 Å². The maximum absolute atomic E-state index is 15.3. The van der Waals surface area contributed by atoms with Gasteiger partial charge in [0.2, 0.25) is 0 Å². The van der Waals surface area contributed by atoms with Gasteiger partial charge in [-0.25, -0.2) is 0 Å². The third kappa shape index (κ3) is 3.96. The van der Waals surface area contributed by atoms with Crippen molar-refractivity contribution in [1.82, 2.24) is 4.90 Å². The fraction of sp³-hybridized carbons (Fsp3) is 0.571. The molecule has 0 aromatic heterocycles. The molecular formula is C35H41NO6. The van der Waals surface area contributed by atoms with Crippen LogP contribution in [-0.2, 0) is 28.6 Å². The molecule has 0 N–H and O–H groups in total. The second-order valence-electron chi connectivity index (χ2n) is 13.4. The van der Waals surface area contributed by atoms with E-state index in [0.717, 1.165) is 30.4 Å². The number of fused-ring (bicyclic) bond motifs is 2. The van der Waals surface area contributed by atoms with Gasteiger partial charge in [-0.15, -0.1) is 0 Å². The molecule has 2 aliphatic heterocycles. The van der Waals surface area contributed by atoms with Crippen LogP contribution in [0.3, 0.4) is 0 Å². The lowest BCUT2D eigenvalue weighted by Gasteiger charge is -2.66. The summed E-state index contributed by atoms with van der Waals surface area (Å²) in [6.07, 6.45) is 5.07. The van der Waals surface area contributed by atoms with E-state index in [0.29, 0.717) is 17.8 Å². The summed E-state index contributed by atoms with van der Waals surface area (Å²) in [5, 5.41) is 0. The number of hydrogen-bond acceptors (Lipinski definition) is 7. The quantitative estimate of drug-likeness (QED) is 0.323. The van der Waals surface area contributed by atoms with E-state index in [-0.39, 0.29) is 31.8 Å². The van der Waals surface area contributed by atoms with E-state index in [1.54, 1.807) is 13.8 Å². The standard InChI is InChI=1S/C35H41NO6/c1-3-40-31(38)34-21-36(33-18-23-15-24(19-33)17-25(16-23)20-33)22-35(30(34)37,32(39)41-4-2)29(27-13-9-6-10-14-27)42-28(34)26-11-7-5-8-12-26/h5-14,23-25,28-29H,3-4,15-22H2,1-2H3/t23?,24?,25?,28-,29+,33?,34+,35-. The van der Waals surface area contributed by atoms with E-state index >= 15 is 4.79 Å². The van der Waals surface area contributed by atoms with E-state index in [1.165, 1.54) is 19.3 Å². The highest BCUT2D eigenvalue weighted by atomic mass is 16.6. The smallest absolute Gasteiger partial charge is 0.324 e. The third-order valence-corrected chi connectivity index (χ3v) is 11.0. The number of carbonyl (C=O) groups excluding carboxylic acids is 3. The largest absolute Gasteiger partial charge is 0.465 e. The Kier molecular flexibility index (Phi) is 6.82. The zero-order valence-electron chi connectivity index (χ0n) is 24.6. The van der Waals surface area contributed by atoms with Crippen molar-refractivity contribution >= 4 is 17.7 Å². The zero-order valence-corrected chi connectivity index (χ0v) is 24.6. The van der Waals surface area contributed by atoms with Crippen LogP contribution in [0.5, 0.6) is 0 Å². The van der Waals surface area contributed by atoms with Gasteiger partial charge in [0.05, 0.1) is 13.2 Å². The van der Waals surface area contributed by atoms with Crippen LogP contribution in [0.4, 0.5) is 0 Å². The number of likely N-dealkylation sites (tertiary alicyclic amines) is 1. The molecule has 0 amide bonds. The van der Waals surface area contributed by atoms with Gasteiger partial charge in [-0.1, -0.05) is 60.7 Å². The van der Waals surface area contributed by atoms with Crippen molar-refractivity contribution in [2.75, 3.05) is 26.3 Å². The molecule has 2 aromatic carbocycles. The van der Waals surface area contributed by atoms with Crippen LogP contribution in [0.1, 0.15) is 75.7 Å². The predicted molar refractivity (Wildman–Crippen MR) is 155 cm³/mol. The number of carbonyl (C=O) groups is 3. The van der Waals surface area contributed by atoms with Crippen molar-refractivity contribution in [3.63, 3.8) is 0 Å². The molecule has 6 aliphatic rings. The molecule has 2 aromatic rings. The van der Waals surface area contributed by atoms with Gasteiger partial charge in [0.15, 0.2) is 16.6 Å². The number of ether oxygens (including phenoxy) is 3. The number of Topliss-reactive ketones (excluding diaryl/α,β-unsaturated/α-hetero) is 1. The minimum absolute atomic E-state index is 0.126. The molecule has 2 saturated heterocycles. The second kappa shape index (κ2) is 10.3. The Labute approximate surface area is 247 Å². The molecule has 222 valence electrons. The van der Waals surface area contributed by atoms with Crippen LogP contribution in [0.25, 0.3) is 0 Å². The molecule has 4 aliphatic carbocycles. The summed E-state index contributed by atoms with van der Waals surface area (Å²) in [6, 6.07) is 19.0. The number of piperidine rings is 1. The molecule has 4 saturated carbocycles. The Balaban J connectivity index is 1.47. The van der Waals surface area contributed by atoms with Crippen molar-refractivity contribution in [1.29, 1.82) is 0 Å². The van der Waals surface area contributed by atoms with Crippen LogP contribution in [0.15, 0.2) is 60.7 Å². The molecule has 7 heteroatoms. The highest BCUT2D eigenvalue weighted by molar-refractivity contribution is 6.17. The summed E-state index contributed by atoms with van der Waals surface area (Å²) in [4.78, 5) is 46.4. The van der Waals surface area contributed by atoms with Crippen LogP contribution in [0.2, 0.25) is 0 Å². The highest BCUT2D eigenvalue weighted by Crippen LogP contribution is 2.64. The first-order chi connectivity index (χ1) is 20.4. The number of ketones is 1. The Morgan fingerprint density at radius 1 is 0.738 bits per heavy atom. The fourth-order valence-electron chi connectivity index (χ4n) is 9.79. The van der Waals surface area contributed by atoms with E-state index in [1.807, 2.05) is 60.7 Å². The van der Waals surface area contributed by atoms with Crippen molar-refractivity contribution in [2.45, 2.75) is 70.1 Å². The minimum Gasteiger partial charge on any atom is -0.465 e. The average molecular weight is 572 g/mol. The van der Waals surface area contributed by atoms with Gasteiger partial charge in [0, 0.05) is 18.6 Å². The van der Waals surface area contributed by atoms with E-state index in [4.69, 9.17) is 14.2 Å². The molecule has 6 bridgehead atoms. The molecule has 2 heterocycles. The number of nitrogens with zero attached hydrogens (tertiary/aromatic N) is 1. The Morgan fingerprint density at radius 2 is 1.14 bits per heavy atom. The lowest BCUT2D eigenvalue weighted by atomic mass is 9.50. The molecule has 0 spiro atoms. The molecule has 0 unspecified atom stereocenters. The van der Waals surface area contributed by atoms with Gasteiger partial charge in [-0.2, -0.15) is 0 Å². The van der Waals surface area contributed by atoms with Crippen molar-refractivity contribution < 1.29 is 28.6 Å². The average Bonchev–Trinajstić information content (AvgIpc) is 2.98. The van der Waals surface area contributed by atoms with E-state index in [9.17, 15) is 9.59 Å². The minimum atomic E-state index is -1.71. The fourth-order valence-corrected chi connectivity index (χ4v) is 9.79. The zero-order chi connectivity index (χ0) is 29.1. The maximum Gasteiger partial charge on any atom is 0.324 e. The molecule has 4 atom stereocenters. The summed E-state index contributed by atoms with van der Waals surface area (Å²) < 4.78 is 18.5. The Morgan fingerprint density at radius 3 is 1.52 bits per heavy atom. The maximum atomic E-state index is 15.3. The summed E-state index contributed by atoms with van der Waals surface area (Å²) in [6.45, 7) is 4.12. The molecule has 6 fully saturated rings. The van der Waals surface area contributed by atoms with Gasteiger partial charge in [0.1, 0.15) is 12.2 Å². The Hall–Kier alpha value is -3.03. The summed E-state index contributed by atoms with van der Waals surface area (Å²) in [7, 11) is 0. The predicted octanol–water partition coefficient (Wildman–Crippen LogP) is 5.45. The van der Waals surface area contributed by atoms with Crippen LogP contribution in [0, 0.1) is 28.6 Å². The van der Waals surface area contributed by atoms with Crippen molar-refractivity contribution in [3.05, 3.63) is 71.8 Å². The highest BCUT2D eigenvalue weighted by Gasteiger charge is 2.76. The summed E-state index contributed by atoms with van der Waals surface area (Å²) in [5.41, 5.74) is -2.13. The van der Waals surface area contributed by atoms with Crippen molar-refractivity contribution in [2.24, 2.45) is 28.6 Å². The van der Waals surface area contributed by atoms with Crippen molar-refractivity contribution in [3.8, 4) is 0 Å². The topological polar surface area (TPSA) is 82.1 Å². The molecule has 8 rings (SSSR count). The first-order valence-corrected chi connectivity index (χ1v) is 15.8. The lowest BCUT2D eigenvalue weighted by molar-refractivity contribution is -0.246. The molecular weight excluding hydrogens is 530 g/mol. The number of benzene rings is 2. The molecule has 42 heavy (non-hydrogen) atoms. The normalized spacial score (nSPS) is 38.7. The van der Waals surface area contributed by atoms with E-state index in [2.05, 4.69) is 4.90 Å². The summed E-state index contributed by atoms with van der Waals surface area (Å²) in [5.74, 6) is 0.296. The lowest BCUT2D eigenvalue weighted by Crippen LogP contribution is -2.76. The van der Waals surface area contributed by atoms with E-state index < -0.39 is 40.8 Å². The summed E-state index contributed by atoms with van der Waals surface area (Å²) >= 11 is 0. The Bertz CT molecular complexity index is 1250. The van der Waals surface area contributed by atoms with Gasteiger partial charge in [0.25, 0.3) is 0 Å². The van der Waals surface area contributed by atoms with Gasteiger partial charge in [-0.3, -0.25) is 19.3 Å². The molecule has 0 radical (unpaired) electrons. The molecule has 7 nitrogen and oxygen atoms in total. The monoisotopic (exact) mass is 571 g/mol.